The molecule has 2 amide bonds. The third-order valence-corrected chi connectivity index (χ3v) is 5.79. The van der Waals surface area contributed by atoms with Gasteiger partial charge in [0.2, 0.25) is 11.8 Å². The summed E-state index contributed by atoms with van der Waals surface area (Å²) in [6.07, 6.45) is 0.584. The normalized spacial score (nSPS) is 22.5. The van der Waals surface area contributed by atoms with E-state index in [9.17, 15) is 9.59 Å². The average Bonchev–Trinajstić information content (AvgIpc) is 2.60. The Labute approximate surface area is 143 Å². The largest absolute Gasteiger partial charge is 0.339 e. The molecule has 0 aromatic carbocycles. The fourth-order valence-corrected chi connectivity index (χ4v) is 3.98. The van der Waals surface area contributed by atoms with E-state index in [0.717, 1.165) is 31.1 Å². The SMILES string of the molecule is CCN(CC)CC(=O)N1CCN(C(=O)CC2CSCCN2)CC1. The van der Waals surface area contributed by atoms with Crippen LogP contribution in [-0.4, -0.2) is 96.4 Å². The van der Waals surface area contributed by atoms with E-state index in [-0.39, 0.29) is 11.8 Å². The smallest absolute Gasteiger partial charge is 0.236 e. The molecule has 0 aromatic rings. The predicted octanol–water partition coefficient (Wildman–Crippen LogP) is 0.0941. The first kappa shape index (κ1) is 18.5. The second-order valence-corrected chi connectivity index (χ2v) is 7.30. The molecule has 0 bridgehead atoms. The summed E-state index contributed by atoms with van der Waals surface area (Å²) in [6, 6.07) is 0.309. The molecular weight excluding hydrogens is 312 g/mol. The highest BCUT2D eigenvalue weighted by Gasteiger charge is 2.26. The third-order valence-electron chi connectivity index (χ3n) is 4.66. The number of nitrogens with zero attached hydrogens (tertiary/aromatic N) is 3. The molecule has 1 unspecified atom stereocenters. The number of hydrogen-bond donors (Lipinski definition) is 1. The zero-order valence-electron chi connectivity index (χ0n) is 14.4. The van der Waals surface area contributed by atoms with Crippen LogP contribution in [0.4, 0.5) is 0 Å². The van der Waals surface area contributed by atoms with Gasteiger partial charge >= 0.3 is 0 Å². The summed E-state index contributed by atoms with van der Waals surface area (Å²) in [5.41, 5.74) is 0. The first-order valence-electron chi connectivity index (χ1n) is 8.73. The lowest BCUT2D eigenvalue weighted by atomic mass is 10.2. The number of hydrogen-bond acceptors (Lipinski definition) is 5. The third kappa shape index (κ3) is 5.65. The van der Waals surface area contributed by atoms with Crippen LogP contribution in [0.15, 0.2) is 0 Å². The first-order chi connectivity index (χ1) is 11.1. The van der Waals surface area contributed by atoms with Crippen molar-refractivity contribution in [1.82, 2.24) is 20.0 Å². The van der Waals surface area contributed by atoms with E-state index in [0.29, 0.717) is 45.2 Å². The molecule has 2 rings (SSSR count). The standard InChI is InChI=1S/C16H30N4O2S/c1-3-18(4-2)12-16(22)20-8-6-19(7-9-20)15(21)11-14-13-23-10-5-17-14/h14,17H,3-13H2,1-2H3. The second kappa shape index (κ2) is 9.49. The molecule has 0 aromatic heterocycles. The summed E-state index contributed by atoms with van der Waals surface area (Å²) in [7, 11) is 0. The highest BCUT2D eigenvalue weighted by Crippen LogP contribution is 2.13. The summed E-state index contributed by atoms with van der Waals surface area (Å²) < 4.78 is 0. The predicted molar refractivity (Wildman–Crippen MR) is 94.7 cm³/mol. The molecule has 2 aliphatic heterocycles. The Morgan fingerprint density at radius 2 is 1.70 bits per heavy atom. The summed E-state index contributed by atoms with van der Waals surface area (Å²) in [5, 5.41) is 3.41. The number of likely N-dealkylation sites (N-methyl/N-ethyl adjacent to an activating group) is 1. The summed E-state index contributed by atoms with van der Waals surface area (Å²) in [5.74, 6) is 2.57. The Balaban J connectivity index is 1.72. The van der Waals surface area contributed by atoms with Gasteiger partial charge in [0.05, 0.1) is 6.54 Å². The Morgan fingerprint density at radius 3 is 2.22 bits per heavy atom. The van der Waals surface area contributed by atoms with Crippen LogP contribution in [0.1, 0.15) is 20.3 Å². The molecular formula is C16H30N4O2S. The van der Waals surface area contributed by atoms with Gasteiger partial charge in [0.15, 0.2) is 0 Å². The number of thioether (sulfide) groups is 1. The highest BCUT2D eigenvalue weighted by atomic mass is 32.2. The lowest BCUT2D eigenvalue weighted by Crippen LogP contribution is -2.53. The Morgan fingerprint density at radius 1 is 1.09 bits per heavy atom. The zero-order valence-corrected chi connectivity index (χ0v) is 15.2. The molecule has 132 valence electrons. The first-order valence-corrected chi connectivity index (χ1v) is 9.88. The van der Waals surface area contributed by atoms with Crippen LogP contribution in [0.2, 0.25) is 0 Å². The van der Waals surface area contributed by atoms with Crippen molar-refractivity contribution in [2.75, 3.05) is 63.9 Å². The minimum atomic E-state index is 0.186. The van der Waals surface area contributed by atoms with Crippen molar-refractivity contribution in [2.24, 2.45) is 0 Å². The topological polar surface area (TPSA) is 55.9 Å². The quantitative estimate of drug-likeness (QED) is 0.742. The molecule has 23 heavy (non-hydrogen) atoms. The lowest BCUT2D eigenvalue weighted by Gasteiger charge is -2.36. The summed E-state index contributed by atoms with van der Waals surface area (Å²) >= 11 is 1.92. The average molecular weight is 343 g/mol. The lowest BCUT2D eigenvalue weighted by molar-refractivity contribution is -0.140. The van der Waals surface area contributed by atoms with Crippen LogP contribution in [0.5, 0.6) is 0 Å². The molecule has 7 heteroatoms. The maximum atomic E-state index is 12.4. The number of nitrogens with one attached hydrogen (secondary N) is 1. The number of rotatable bonds is 6. The number of carbonyl (C=O) groups is 2. The van der Waals surface area contributed by atoms with Crippen molar-refractivity contribution in [2.45, 2.75) is 26.3 Å². The van der Waals surface area contributed by atoms with Gasteiger partial charge in [-0.1, -0.05) is 13.8 Å². The Bertz CT molecular complexity index is 390. The Hall–Kier alpha value is -0.790. The van der Waals surface area contributed by atoms with E-state index < -0.39 is 0 Å². The van der Waals surface area contributed by atoms with Crippen LogP contribution in [0.3, 0.4) is 0 Å². The maximum Gasteiger partial charge on any atom is 0.236 e. The van der Waals surface area contributed by atoms with Gasteiger partial charge in [-0.25, -0.2) is 0 Å². The zero-order chi connectivity index (χ0) is 16.7. The highest BCUT2D eigenvalue weighted by molar-refractivity contribution is 7.99. The molecule has 2 saturated heterocycles. The number of piperazine rings is 1. The minimum absolute atomic E-state index is 0.186. The van der Waals surface area contributed by atoms with Crippen LogP contribution < -0.4 is 5.32 Å². The molecule has 1 N–H and O–H groups in total. The fourth-order valence-electron chi connectivity index (χ4n) is 3.03. The molecule has 6 nitrogen and oxygen atoms in total. The molecule has 0 aliphatic carbocycles. The van der Waals surface area contributed by atoms with E-state index >= 15 is 0 Å². The van der Waals surface area contributed by atoms with Gasteiger partial charge in [-0.3, -0.25) is 14.5 Å². The van der Waals surface area contributed by atoms with Gasteiger partial charge in [0.1, 0.15) is 0 Å². The molecule has 0 radical (unpaired) electrons. The van der Waals surface area contributed by atoms with E-state index in [2.05, 4.69) is 24.1 Å². The van der Waals surface area contributed by atoms with E-state index in [1.165, 1.54) is 0 Å². The van der Waals surface area contributed by atoms with Gasteiger partial charge in [-0.05, 0) is 13.1 Å². The summed E-state index contributed by atoms with van der Waals surface area (Å²) in [4.78, 5) is 30.6. The van der Waals surface area contributed by atoms with Crippen LogP contribution in [0, 0.1) is 0 Å². The van der Waals surface area contributed by atoms with Crippen molar-refractivity contribution in [1.29, 1.82) is 0 Å². The van der Waals surface area contributed by atoms with Crippen molar-refractivity contribution in [3.63, 3.8) is 0 Å². The molecule has 2 heterocycles. The van der Waals surface area contributed by atoms with Gasteiger partial charge in [0.25, 0.3) is 0 Å². The Kier molecular flexibility index (Phi) is 7.65. The van der Waals surface area contributed by atoms with Crippen LogP contribution >= 0.6 is 11.8 Å². The summed E-state index contributed by atoms with van der Waals surface area (Å²) in [6.45, 7) is 10.1. The van der Waals surface area contributed by atoms with E-state index in [4.69, 9.17) is 0 Å². The second-order valence-electron chi connectivity index (χ2n) is 6.15. The van der Waals surface area contributed by atoms with Gasteiger partial charge < -0.3 is 15.1 Å². The van der Waals surface area contributed by atoms with Crippen LogP contribution in [-0.2, 0) is 9.59 Å². The van der Waals surface area contributed by atoms with Gasteiger partial charge in [0, 0.05) is 56.7 Å². The number of carbonyl (C=O) groups excluding carboxylic acids is 2. The molecule has 0 saturated carbocycles. The van der Waals surface area contributed by atoms with Crippen molar-refractivity contribution >= 4 is 23.6 Å². The maximum absolute atomic E-state index is 12.4. The van der Waals surface area contributed by atoms with Crippen molar-refractivity contribution in [3.05, 3.63) is 0 Å². The minimum Gasteiger partial charge on any atom is -0.339 e. The van der Waals surface area contributed by atoms with Crippen molar-refractivity contribution in [3.8, 4) is 0 Å². The monoisotopic (exact) mass is 342 g/mol. The van der Waals surface area contributed by atoms with Gasteiger partial charge in [-0.2, -0.15) is 11.8 Å². The van der Waals surface area contributed by atoms with Crippen molar-refractivity contribution < 1.29 is 9.59 Å². The molecule has 2 aliphatic rings. The van der Waals surface area contributed by atoms with Crippen LogP contribution in [0.25, 0.3) is 0 Å². The van der Waals surface area contributed by atoms with Gasteiger partial charge in [-0.15, -0.1) is 0 Å². The molecule has 0 spiro atoms. The molecule has 1 atom stereocenters. The molecule has 2 fully saturated rings. The fraction of sp³-hybridized carbons (Fsp3) is 0.875. The van der Waals surface area contributed by atoms with E-state index in [1.54, 1.807) is 0 Å². The van der Waals surface area contributed by atoms with E-state index in [1.807, 2.05) is 21.6 Å². The number of amides is 2.